The van der Waals surface area contributed by atoms with E-state index in [0.717, 1.165) is 64.7 Å². The van der Waals surface area contributed by atoms with Gasteiger partial charge in [-0.2, -0.15) is 0 Å². The molecule has 5 unspecified atom stereocenters. The normalized spacial score (nSPS) is 50.8. The second kappa shape index (κ2) is 10.5. The Morgan fingerprint density at radius 2 is 1.59 bits per heavy atom. The van der Waals surface area contributed by atoms with Crippen LogP contribution < -0.4 is 0 Å². The first-order chi connectivity index (χ1) is 18.1. The molecule has 0 aromatic rings. The Balaban J connectivity index is 1.48. The number of rotatable bonds is 0. The number of aliphatic hydroxyl groups is 3. The number of allylic oxidation sites excluding steroid dienone is 5. The fourth-order valence-corrected chi connectivity index (χ4v) is 10.7. The van der Waals surface area contributed by atoms with Crippen LogP contribution in [0.25, 0.3) is 0 Å². The summed E-state index contributed by atoms with van der Waals surface area (Å²) in [6, 6.07) is 0.158. The van der Waals surface area contributed by atoms with Crippen molar-refractivity contribution in [3.05, 3.63) is 36.5 Å². The van der Waals surface area contributed by atoms with E-state index in [1.165, 1.54) is 51.4 Å². The molecule has 7 aliphatic rings. The third-order valence-electron chi connectivity index (χ3n) is 11.8. The summed E-state index contributed by atoms with van der Waals surface area (Å²) in [5.74, 6) is 0.932. The van der Waals surface area contributed by atoms with Crippen LogP contribution in [0.2, 0.25) is 0 Å². The van der Waals surface area contributed by atoms with E-state index in [9.17, 15) is 15.3 Å². The highest BCUT2D eigenvalue weighted by molar-refractivity contribution is 5.28. The van der Waals surface area contributed by atoms with E-state index in [0.29, 0.717) is 16.3 Å². The topological polar surface area (TPSA) is 63.9 Å². The van der Waals surface area contributed by atoms with Gasteiger partial charge in [-0.3, -0.25) is 9.38 Å². The van der Waals surface area contributed by atoms with Crippen molar-refractivity contribution in [1.29, 1.82) is 0 Å². The molecule has 3 N–H and O–H groups in total. The van der Waals surface area contributed by atoms with E-state index in [-0.39, 0.29) is 11.5 Å². The average Bonchev–Trinajstić information content (AvgIpc) is 3.19. The fourth-order valence-electron chi connectivity index (χ4n) is 10.7. The molecule has 6 bridgehead atoms. The Morgan fingerprint density at radius 1 is 0.811 bits per heavy atom. The lowest BCUT2D eigenvalue weighted by Gasteiger charge is -2.58. The van der Waals surface area contributed by atoms with Crippen LogP contribution in [-0.4, -0.2) is 80.9 Å². The maximum atomic E-state index is 12.6. The van der Waals surface area contributed by atoms with E-state index >= 15 is 0 Å². The smallest absolute Gasteiger partial charge is 0.198 e. The maximum absolute atomic E-state index is 12.6. The molecule has 0 aromatic carbocycles. The summed E-state index contributed by atoms with van der Waals surface area (Å²) < 4.78 is 0.638. The number of quaternary nitrogens is 1. The van der Waals surface area contributed by atoms with E-state index in [4.69, 9.17) is 0 Å². The van der Waals surface area contributed by atoms with Crippen molar-refractivity contribution in [3.63, 3.8) is 0 Å². The summed E-state index contributed by atoms with van der Waals surface area (Å²) in [6.45, 7) is 4.05. The van der Waals surface area contributed by atoms with Crippen molar-refractivity contribution in [1.82, 2.24) is 4.90 Å². The van der Waals surface area contributed by atoms with Crippen molar-refractivity contribution in [3.8, 4) is 0 Å². The van der Waals surface area contributed by atoms with Gasteiger partial charge in [-0.1, -0.05) is 81.4 Å². The Labute approximate surface area is 224 Å². The summed E-state index contributed by atoms with van der Waals surface area (Å²) >= 11 is 0. The fraction of sp³-hybridized carbons (Fsp3) is 0.812. The lowest BCUT2D eigenvalue weighted by Crippen LogP contribution is -2.77. The molecule has 0 amide bonds. The van der Waals surface area contributed by atoms with Gasteiger partial charge in [0.2, 0.25) is 0 Å². The standard InChI is InChI=1S/C32H51N2O3/c35-27-17-13-9-5-1-4-8-12-16-22-34-24-25-23-31(30(34)37)19-14-10-6-2-3-7-11-15-20-33-21-18-26(25)32(34,28(27)36)29(31)33/h4-5,8-9,13,17,25-30,35-37H,1-3,6-7,10-12,14-16,18-24H2/q+1/b8-4-,9-5?,17-13+/t25-,26?,27+,28+,29?,30?,31?,32+,34?/m0/s1. The first-order valence-corrected chi connectivity index (χ1v) is 15.7. The number of hydrogen-bond acceptors (Lipinski definition) is 4. The van der Waals surface area contributed by atoms with E-state index < -0.39 is 24.0 Å². The van der Waals surface area contributed by atoms with Crippen molar-refractivity contribution in [2.24, 2.45) is 17.3 Å². The van der Waals surface area contributed by atoms with Gasteiger partial charge in [0, 0.05) is 18.3 Å². The number of hydrogen-bond donors (Lipinski definition) is 3. The van der Waals surface area contributed by atoms with Gasteiger partial charge >= 0.3 is 0 Å². The van der Waals surface area contributed by atoms with Gasteiger partial charge in [0.1, 0.15) is 12.2 Å². The summed E-state index contributed by atoms with van der Waals surface area (Å²) in [5.41, 5.74) is -0.649. The van der Waals surface area contributed by atoms with Crippen LogP contribution in [0, 0.1) is 17.3 Å². The van der Waals surface area contributed by atoms with Crippen LogP contribution in [0.5, 0.6) is 0 Å². The second-order valence-electron chi connectivity index (χ2n) is 13.4. The van der Waals surface area contributed by atoms with Crippen molar-refractivity contribution in [2.45, 2.75) is 120 Å². The molecule has 5 saturated heterocycles. The van der Waals surface area contributed by atoms with Gasteiger partial charge in [0.25, 0.3) is 0 Å². The van der Waals surface area contributed by atoms with Crippen LogP contribution in [0.4, 0.5) is 0 Å². The third kappa shape index (κ3) is 3.89. The SMILES string of the molecule is OC1C23CCCCCCCCCCN4CCC5[C@@H](C2)C[N+]12CCC/C=C\CC=C/C=C/[C@@H](O)[C@@H](O)[C@@]52C43. The number of nitrogens with zero attached hydrogens (tertiary/aromatic N) is 2. The van der Waals surface area contributed by atoms with Gasteiger partial charge in [-0.05, 0) is 51.6 Å². The van der Waals surface area contributed by atoms with E-state index in [2.05, 4.69) is 23.1 Å². The molecule has 6 aliphatic heterocycles. The molecule has 6 heterocycles. The van der Waals surface area contributed by atoms with Crippen molar-refractivity contribution in [2.75, 3.05) is 26.2 Å². The lowest BCUT2D eigenvalue weighted by atomic mass is 9.52. The molecular weight excluding hydrogens is 460 g/mol. The van der Waals surface area contributed by atoms with Crippen LogP contribution >= 0.6 is 0 Å². The van der Waals surface area contributed by atoms with E-state index in [1.54, 1.807) is 0 Å². The van der Waals surface area contributed by atoms with Crippen molar-refractivity contribution >= 4 is 0 Å². The van der Waals surface area contributed by atoms with Gasteiger partial charge in [-0.15, -0.1) is 0 Å². The van der Waals surface area contributed by atoms with Gasteiger partial charge in [0.05, 0.1) is 24.5 Å². The monoisotopic (exact) mass is 511 g/mol. The quantitative estimate of drug-likeness (QED) is 0.326. The highest BCUT2D eigenvalue weighted by Gasteiger charge is 2.89. The predicted molar refractivity (Wildman–Crippen MR) is 148 cm³/mol. The molecule has 1 saturated carbocycles. The molecule has 0 radical (unpaired) electrons. The van der Waals surface area contributed by atoms with E-state index in [1.807, 2.05) is 18.2 Å². The highest BCUT2D eigenvalue weighted by Crippen LogP contribution is 2.73. The Bertz CT molecular complexity index is 902. The zero-order valence-corrected chi connectivity index (χ0v) is 22.9. The zero-order valence-electron chi connectivity index (χ0n) is 22.9. The molecule has 3 spiro atoms. The summed E-state index contributed by atoms with van der Waals surface area (Å²) in [4.78, 5) is 2.72. The average molecular weight is 512 g/mol. The summed E-state index contributed by atoms with van der Waals surface area (Å²) in [7, 11) is 0. The minimum atomic E-state index is -0.910. The molecule has 6 fully saturated rings. The maximum Gasteiger partial charge on any atom is 0.198 e. The van der Waals surface area contributed by atoms with Crippen LogP contribution in [0.15, 0.2) is 36.5 Å². The molecule has 0 aromatic heterocycles. The minimum absolute atomic E-state index is 0.158. The first-order valence-electron chi connectivity index (χ1n) is 15.7. The number of aliphatic hydroxyl groups excluding tert-OH is 3. The Kier molecular flexibility index (Phi) is 7.48. The third-order valence-corrected chi connectivity index (χ3v) is 11.8. The predicted octanol–water partition coefficient (Wildman–Crippen LogP) is 4.68. The lowest BCUT2D eigenvalue weighted by molar-refractivity contribution is -1.00. The van der Waals surface area contributed by atoms with Gasteiger partial charge in [-0.25, -0.2) is 0 Å². The summed E-state index contributed by atoms with van der Waals surface area (Å²) in [6.07, 6.45) is 26.6. The van der Waals surface area contributed by atoms with Gasteiger partial charge in [0.15, 0.2) is 11.8 Å². The number of piperidine rings is 2. The highest BCUT2D eigenvalue weighted by atomic mass is 16.3. The summed E-state index contributed by atoms with van der Waals surface area (Å²) in [5, 5.41) is 36.5. The molecule has 37 heavy (non-hydrogen) atoms. The second-order valence-corrected chi connectivity index (χ2v) is 13.4. The molecule has 5 heteroatoms. The van der Waals surface area contributed by atoms with Crippen LogP contribution in [0.3, 0.4) is 0 Å². The van der Waals surface area contributed by atoms with Crippen molar-refractivity contribution < 1.29 is 19.8 Å². The van der Waals surface area contributed by atoms with Gasteiger partial charge < -0.3 is 15.3 Å². The molecule has 7 rings (SSSR count). The van der Waals surface area contributed by atoms with Crippen LogP contribution in [0.1, 0.15) is 89.9 Å². The largest absolute Gasteiger partial charge is 0.386 e. The molecule has 9 atom stereocenters. The molecular formula is C32H51N2O3+. The zero-order chi connectivity index (χ0) is 25.5. The first kappa shape index (κ1) is 26.3. The Hall–Kier alpha value is -0.980. The Morgan fingerprint density at radius 3 is 2.43 bits per heavy atom. The van der Waals surface area contributed by atoms with Crippen LogP contribution in [-0.2, 0) is 0 Å². The molecule has 5 nitrogen and oxygen atoms in total. The molecule has 1 aliphatic carbocycles. The molecule has 206 valence electrons. The minimum Gasteiger partial charge on any atom is -0.386 e.